The second kappa shape index (κ2) is 9.56. The van der Waals surface area contributed by atoms with Crippen LogP contribution in [0.15, 0.2) is 78.9 Å². The highest BCUT2D eigenvalue weighted by atomic mass is 16.5. The van der Waals surface area contributed by atoms with Crippen molar-refractivity contribution in [1.82, 2.24) is 4.57 Å². The number of amides is 1. The number of benzene rings is 3. The SMILES string of the molecule is COc1ccc2c(c1)c(C(=O)CCc1ccccc1)c(-c1ccccc1)n2CC(C)(C)C(N)=O. The van der Waals surface area contributed by atoms with Crippen molar-refractivity contribution >= 4 is 22.6 Å². The molecule has 0 atom stereocenters. The fraction of sp³-hybridized carbons (Fsp3) is 0.241. The Balaban J connectivity index is 1.93. The van der Waals surface area contributed by atoms with Gasteiger partial charge in [0.1, 0.15) is 5.75 Å². The molecule has 0 aliphatic rings. The van der Waals surface area contributed by atoms with Gasteiger partial charge in [-0.1, -0.05) is 60.7 Å². The summed E-state index contributed by atoms with van der Waals surface area (Å²) in [6.45, 7) is 4.01. The molecule has 0 fully saturated rings. The van der Waals surface area contributed by atoms with Gasteiger partial charge < -0.3 is 15.0 Å². The lowest BCUT2D eigenvalue weighted by Crippen LogP contribution is -2.35. The molecule has 0 aliphatic heterocycles. The fourth-order valence-electron chi connectivity index (χ4n) is 4.30. The Morgan fingerprint density at radius 2 is 1.59 bits per heavy atom. The summed E-state index contributed by atoms with van der Waals surface area (Å²) in [6.07, 6.45) is 1.02. The average Bonchev–Trinajstić information content (AvgIpc) is 3.16. The van der Waals surface area contributed by atoms with Crippen LogP contribution < -0.4 is 10.5 Å². The van der Waals surface area contributed by atoms with Gasteiger partial charge >= 0.3 is 0 Å². The van der Waals surface area contributed by atoms with Crippen LogP contribution in [-0.4, -0.2) is 23.4 Å². The molecule has 1 aromatic heterocycles. The number of rotatable bonds is 9. The number of primary amides is 1. The Morgan fingerprint density at radius 3 is 2.21 bits per heavy atom. The number of ketones is 1. The van der Waals surface area contributed by atoms with E-state index in [1.807, 2.05) is 92.7 Å². The molecule has 4 rings (SSSR count). The van der Waals surface area contributed by atoms with Crippen molar-refractivity contribution in [3.05, 3.63) is 90.0 Å². The predicted octanol–water partition coefficient (Wildman–Crippen LogP) is 5.64. The summed E-state index contributed by atoms with van der Waals surface area (Å²) < 4.78 is 7.55. The van der Waals surface area contributed by atoms with Crippen LogP contribution >= 0.6 is 0 Å². The Labute approximate surface area is 200 Å². The summed E-state index contributed by atoms with van der Waals surface area (Å²) in [6, 6.07) is 25.6. The second-order valence-electron chi connectivity index (χ2n) is 9.22. The number of carbonyl (C=O) groups excluding carboxylic acids is 2. The highest BCUT2D eigenvalue weighted by Gasteiger charge is 2.31. The number of aromatic nitrogens is 1. The Kier molecular flexibility index (Phi) is 6.55. The molecule has 0 aliphatic carbocycles. The first-order chi connectivity index (χ1) is 16.3. The van der Waals surface area contributed by atoms with Crippen LogP contribution in [0.3, 0.4) is 0 Å². The molecular formula is C29H30N2O3. The number of aryl methyl sites for hydroxylation is 1. The van der Waals surface area contributed by atoms with E-state index < -0.39 is 5.41 Å². The van der Waals surface area contributed by atoms with E-state index in [4.69, 9.17) is 10.5 Å². The first kappa shape index (κ1) is 23.3. The molecule has 0 radical (unpaired) electrons. The third-order valence-corrected chi connectivity index (χ3v) is 6.30. The maximum absolute atomic E-state index is 13.8. The predicted molar refractivity (Wildman–Crippen MR) is 136 cm³/mol. The van der Waals surface area contributed by atoms with Crippen molar-refractivity contribution in [1.29, 1.82) is 0 Å². The van der Waals surface area contributed by atoms with Gasteiger partial charge in [-0.05, 0) is 49.6 Å². The van der Waals surface area contributed by atoms with Crippen LogP contribution in [0.5, 0.6) is 5.75 Å². The first-order valence-corrected chi connectivity index (χ1v) is 11.4. The lowest BCUT2D eigenvalue weighted by Gasteiger charge is -2.24. The minimum absolute atomic E-state index is 0.0524. The van der Waals surface area contributed by atoms with E-state index in [-0.39, 0.29) is 11.7 Å². The van der Waals surface area contributed by atoms with E-state index >= 15 is 0 Å². The molecule has 1 amide bonds. The largest absolute Gasteiger partial charge is 0.497 e. The van der Waals surface area contributed by atoms with Crippen LogP contribution in [0.1, 0.15) is 36.2 Å². The normalized spacial score (nSPS) is 11.5. The fourth-order valence-corrected chi connectivity index (χ4v) is 4.30. The van der Waals surface area contributed by atoms with Crippen molar-refractivity contribution in [2.24, 2.45) is 11.1 Å². The number of methoxy groups -OCH3 is 1. The van der Waals surface area contributed by atoms with Gasteiger partial charge in [-0.2, -0.15) is 0 Å². The number of ether oxygens (including phenoxy) is 1. The third-order valence-electron chi connectivity index (χ3n) is 6.30. The summed E-state index contributed by atoms with van der Waals surface area (Å²) in [4.78, 5) is 26.0. The summed E-state index contributed by atoms with van der Waals surface area (Å²) in [5.74, 6) is 0.339. The molecule has 0 saturated heterocycles. The zero-order valence-corrected chi connectivity index (χ0v) is 19.9. The summed E-state index contributed by atoms with van der Waals surface area (Å²) >= 11 is 0. The third kappa shape index (κ3) is 4.60. The van der Waals surface area contributed by atoms with E-state index in [9.17, 15) is 9.59 Å². The maximum atomic E-state index is 13.8. The smallest absolute Gasteiger partial charge is 0.224 e. The van der Waals surface area contributed by atoms with Gasteiger partial charge in [0.05, 0.1) is 23.8 Å². The Morgan fingerprint density at radius 1 is 0.941 bits per heavy atom. The summed E-state index contributed by atoms with van der Waals surface area (Å²) in [5, 5.41) is 0.816. The van der Waals surface area contributed by atoms with Crippen LogP contribution in [-0.2, 0) is 17.8 Å². The van der Waals surface area contributed by atoms with Gasteiger partial charge in [-0.3, -0.25) is 9.59 Å². The van der Waals surface area contributed by atoms with Gasteiger partial charge in [-0.25, -0.2) is 0 Å². The number of fused-ring (bicyclic) bond motifs is 1. The van der Waals surface area contributed by atoms with E-state index in [0.29, 0.717) is 30.7 Å². The lowest BCUT2D eigenvalue weighted by atomic mass is 9.92. The topological polar surface area (TPSA) is 74.3 Å². The van der Waals surface area contributed by atoms with Crippen molar-refractivity contribution in [2.75, 3.05) is 7.11 Å². The first-order valence-electron chi connectivity index (χ1n) is 11.4. The molecule has 1 heterocycles. The van der Waals surface area contributed by atoms with Crippen LogP contribution in [0.4, 0.5) is 0 Å². The molecule has 5 heteroatoms. The summed E-state index contributed by atoms with van der Waals surface area (Å²) in [5.41, 5.74) is 9.29. The van der Waals surface area contributed by atoms with Crippen molar-refractivity contribution in [3.63, 3.8) is 0 Å². The monoisotopic (exact) mass is 454 g/mol. The number of Topliss-reactive ketones (excluding diaryl/α,β-unsaturated/α-hetero) is 1. The van der Waals surface area contributed by atoms with Crippen LogP contribution in [0.2, 0.25) is 0 Å². The van der Waals surface area contributed by atoms with Gasteiger partial charge in [-0.15, -0.1) is 0 Å². The standard InChI is InChI=1S/C29H30N2O3/c1-29(2,28(30)33)19-31-24-16-15-22(34-3)18-23(24)26(27(31)21-12-8-5-9-13-21)25(32)17-14-20-10-6-4-7-11-20/h4-13,15-16,18H,14,17,19H2,1-3H3,(H2,30,33). The minimum Gasteiger partial charge on any atom is -0.497 e. The zero-order valence-electron chi connectivity index (χ0n) is 19.9. The van der Waals surface area contributed by atoms with E-state index in [1.165, 1.54) is 0 Å². The molecule has 174 valence electrons. The molecule has 4 aromatic rings. The maximum Gasteiger partial charge on any atom is 0.224 e. The van der Waals surface area contributed by atoms with Gasteiger partial charge in [0.2, 0.25) is 5.91 Å². The summed E-state index contributed by atoms with van der Waals surface area (Å²) in [7, 11) is 1.61. The van der Waals surface area contributed by atoms with Gasteiger partial charge in [0.15, 0.2) is 5.78 Å². The number of nitrogens with zero attached hydrogens (tertiary/aromatic N) is 1. The molecule has 3 aromatic carbocycles. The highest BCUT2D eigenvalue weighted by molar-refractivity contribution is 6.14. The van der Waals surface area contributed by atoms with Crippen LogP contribution in [0.25, 0.3) is 22.2 Å². The second-order valence-corrected chi connectivity index (χ2v) is 9.22. The molecule has 0 bridgehead atoms. The number of hydrogen-bond donors (Lipinski definition) is 1. The van der Waals surface area contributed by atoms with Gasteiger partial charge in [0.25, 0.3) is 0 Å². The van der Waals surface area contributed by atoms with E-state index in [1.54, 1.807) is 7.11 Å². The molecule has 0 spiro atoms. The quantitative estimate of drug-likeness (QED) is 0.332. The molecular weight excluding hydrogens is 424 g/mol. The average molecular weight is 455 g/mol. The number of carbonyl (C=O) groups is 2. The van der Waals surface area contributed by atoms with Crippen LogP contribution in [0, 0.1) is 5.41 Å². The molecule has 34 heavy (non-hydrogen) atoms. The zero-order chi connectivity index (χ0) is 24.3. The lowest BCUT2D eigenvalue weighted by molar-refractivity contribution is -0.126. The highest BCUT2D eigenvalue weighted by Crippen LogP contribution is 2.38. The van der Waals surface area contributed by atoms with Crippen molar-refractivity contribution in [3.8, 4) is 17.0 Å². The van der Waals surface area contributed by atoms with Crippen molar-refractivity contribution < 1.29 is 14.3 Å². The van der Waals surface area contributed by atoms with Gasteiger partial charge in [0, 0.05) is 23.9 Å². The Hall–Kier alpha value is -3.86. The Bertz CT molecular complexity index is 1320. The number of hydrogen-bond acceptors (Lipinski definition) is 3. The van der Waals surface area contributed by atoms with E-state index in [0.717, 1.165) is 27.7 Å². The molecule has 0 saturated carbocycles. The number of nitrogens with two attached hydrogens (primary N) is 1. The molecule has 5 nitrogen and oxygen atoms in total. The van der Waals surface area contributed by atoms with E-state index in [2.05, 4.69) is 4.57 Å². The van der Waals surface area contributed by atoms with Crippen molar-refractivity contribution in [2.45, 2.75) is 33.2 Å². The minimum atomic E-state index is -0.806. The molecule has 0 unspecified atom stereocenters. The molecule has 2 N–H and O–H groups in total.